The molecule has 0 saturated heterocycles. The van der Waals surface area contributed by atoms with E-state index in [1.165, 1.54) is 5.56 Å². The van der Waals surface area contributed by atoms with Crippen LogP contribution in [0.1, 0.15) is 44.1 Å². The van der Waals surface area contributed by atoms with Crippen LogP contribution >= 0.6 is 11.3 Å². The molecule has 2 atom stereocenters. The summed E-state index contributed by atoms with van der Waals surface area (Å²) in [5.41, 5.74) is 1.45. The number of aryl methyl sites for hydroxylation is 1. The SMILES string of the molecule is Cc1ccsc1C(C)C(C)CNC(C)C. The lowest BCUT2D eigenvalue weighted by atomic mass is 9.92. The topological polar surface area (TPSA) is 12.0 Å². The fourth-order valence-corrected chi connectivity index (χ4v) is 2.83. The Morgan fingerprint density at radius 2 is 1.93 bits per heavy atom. The Labute approximate surface area is 97.9 Å². The summed E-state index contributed by atoms with van der Waals surface area (Å²) in [5.74, 6) is 1.36. The standard InChI is InChI=1S/C13H23NS/c1-9(2)14-8-11(4)12(5)13-10(3)6-7-15-13/h6-7,9,11-12,14H,8H2,1-5H3. The normalized spacial score (nSPS) is 15.6. The van der Waals surface area contributed by atoms with E-state index >= 15 is 0 Å². The molecule has 1 aromatic heterocycles. The van der Waals surface area contributed by atoms with Crippen molar-refractivity contribution < 1.29 is 0 Å². The fraction of sp³-hybridized carbons (Fsp3) is 0.692. The van der Waals surface area contributed by atoms with E-state index in [-0.39, 0.29) is 0 Å². The fourth-order valence-electron chi connectivity index (χ4n) is 1.71. The van der Waals surface area contributed by atoms with Gasteiger partial charge in [0.25, 0.3) is 0 Å². The molecule has 0 spiro atoms. The minimum absolute atomic E-state index is 0.587. The van der Waals surface area contributed by atoms with Crippen LogP contribution in [0.3, 0.4) is 0 Å². The Hall–Kier alpha value is -0.340. The average Bonchev–Trinajstić information content (AvgIpc) is 2.59. The van der Waals surface area contributed by atoms with Crippen molar-refractivity contribution in [1.82, 2.24) is 5.32 Å². The van der Waals surface area contributed by atoms with Gasteiger partial charge in [0, 0.05) is 10.9 Å². The van der Waals surface area contributed by atoms with Crippen molar-refractivity contribution in [3.8, 4) is 0 Å². The molecule has 1 heterocycles. The molecule has 0 aliphatic carbocycles. The Morgan fingerprint density at radius 3 is 2.40 bits per heavy atom. The van der Waals surface area contributed by atoms with E-state index in [9.17, 15) is 0 Å². The minimum atomic E-state index is 0.587. The van der Waals surface area contributed by atoms with Crippen LogP contribution in [0.5, 0.6) is 0 Å². The third-order valence-corrected chi connectivity index (χ3v) is 4.24. The van der Waals surface area contributed by atoms with E-state index in [2.05, 4.69) is 51.4 Å². The van der Waals surface area contributed by atoms with Crippen molar-refractivity contribution in [3.05, 3.63) is 21.9 Å². The lowest BCUT2D eigenvalue weighted by Gasteiger charge is -2.21. The first kappa shape index (κ1) is 12.7. The molecule has 15 heavy (non-hydrogen) atoms. The molecule has 1 nitrogen and oxygen atoms in total. The highest BCUT2D eigenvalue weighted by atomic mass is 32.1. The number of hydrogen-bond donors (Lipinski definition) is 1. The molecule has 0 radical (unpaired) electrons. The monoisotopic (exact) mass is 225 g/mol. The first-order chi connectivity index (χ1) is 7.02. The van der Waals surface area contributed by atoms with Crippen molar-refractivity contribution in [1.29, 1.82) is 0 Å². The molecule has 86 valence electrons. The van der Waals surface area contributed by atoms with Crippen LogP contribution < -0.4 is 5.32 Å². The summed E-state index contributed by atoms with van der Waals surface area (Å²) in [6, 6.07) is 2.81. The largest absolute Gasteiger partial charge is 0.314 e. The third-order valence-electron chi connectivity index (χ3n) is 3.02. The average molecular weight is 225 g/mol. The third kappa shape index (κ3) is 3.62. The zero-order valence-electron chi connectivity index (χ0n) is 10.5. The summed E-state index contributed by atoms with van der Waals surface area (Å²) < 4.78 is 0. The first-order valence-corrected chi connectivity index (χ1v) is 6.67. The van der Waals surface area contributed by atoms with Gasteiger partial charge in [-0.1, -0.05) is 27.7 Å². The molecule has 0 fully saturated rings. The highest BCUT2D eigenvalue weighted by Crippen LogP contribution is 2.30. The van der Waals surface area contributed by atoms with Crippen molar-refractivity contribution in [3.63, 3.8) is 0 Å². The molecule has 1 N–H and O–H groups in total. The molecule has 0 aliphatic heterocycles. The van der Waals surface area contributed by atoms with Crippen molar-refractivity contribution in [2.45, 2.75) is 46.6 Å². The van der Waals surface area contributed by atoms with Crippen LogP contribution in [-0.4, -0.2) is 12.6 Å². The first-order valence-electron chi connectivity index (χ1n) is 5.79. The van der Waals surface area contributed by atoms with Gasteiger partial charge in [0.15, 0.2) is 0 Å². The number of nitrogens with one attached hydrogen (secondary N) is 1. The molecular weight excluding hydrogens is 202 g/mol. The van der Waals surface area contributed by atoms with Crippen LogP contribution in [-0.2, 0) is 0 Å². The summed E-state index contributed by atoms with van der Waals surface area (Å²) in [6.07, 6.45) is 0. The van der Waals surface area contributed by atoms with Crippen LogP contribution in [0.25, 0.3) is 0 Å². The Morgan fingerprint density at radius 1 is 1.27 bits per heavy atom. The van der Waals surface area contributed by atoms with Crippen molar-refractivity contribution >= 4 is 11.3 Å². The zero-order valence-corrected chi connectivity index (χ0v) is 11.3. The van der Waals surface area contributed by atoms with E-state index in [0.717, 1.165) is 6.54 Å². The van der Waals surface area contributed by atoms with E-state index in [4.69, 9.17) is 0 Å². The highest BCUT2D eigenvalue weighted by Gasteiger charge is 2.17. The molecule has 2 heteroatoms. The van der Waals surface area contributed by atoms with Crippen LogP contribution in [0.15, 0.2) is 11.4 Å². The van der Waals surface area contributed by atoms with Crippen LogP contribution in [0.4, 0.5) is 0 Å². The van der Waals surface area contributed by atoms with Gasteiger partial charge >= 0.3 is 0 Å². The molecule has 0 aromatic carbocycles. The Bertz CT molecular complexity index is 290. The maximum absolute atomic E-state index is 3.51. The van der Waals surface area contributed by atoms with Gasteiger partial charge < -0.3 is 5.32 Å². The van der Waals surface area contributed by atoms with Crippen LogP contribution in [0, 0.1) is 12.8 Å². The smallest absolute Gasteiger partial charge is 0.0106 e. The highest BCUT2D eigenvalue weighted by molar-refractivity contribution is 7.10. The molecule has 0 amide bonds. The van der Waals surface area contributed by atoms with Crippen molar-refractivity contribution in [2.75, 3.05) is 6.54 Å². The van der Waals surface area contributed by atoms with Gasteiger partial charge in [0.05, 0.1) is 0 Å². The van der Waals surface area contributed by atoms with Gasteiger partial charge in [0.1, 0.15) is 0 Å². The lowest BCUT2D eigenvalue weighted by molar-refractivity contribution is 0.429. The number of thiophene rings is 1. The summed E-state index contributed by atoms with van der Waals surface area (Å²) >= 11 is 1.89. The van der Waals surface area contributed by atoms with Gasteiger partial charge in [0.2, 0.25) is 0 Å². The molecule has 0 aliphatic rings. The van der Waals surface area contributed by atoms with E-state index in [1.807, 2.05) is 11.3 Å². The van der Waals surface area contributed by atoms with Crippen LogP contribution in [0.2, 0.25) is 0 Å². The van der Waals surface area contributed by atoms with Gasteiger partial charge in [-0.25, -0.2) is 0 Å². The second-order valence-electron chi connectivity index (χ2n) is 4.80. The molecule has 2 unspecified atom stereocenters. The molecule has 0 saturated carbocycles. The lowest BCUT2D eigenvalue weighted by Crippen LogP contribution is -2.29. The van der Waals surface area contributed by atoms with E-state index < -0.39 is 0 Å². The maximum Gasteiger partial charge on any atom is 0.0106 e. The van der Waals surface area contributed by atoms with E-state index in [0.29, 0.717) is 17.9 Å². The van der Waals surface area contributed by atoms with Gasteiger partial charge in [-0.3, -0.25) is 0 Å². The van der Waals surface area contributed by atoms with E-state index in [1.54, 1.807) is 4.88 Å². The predicted molar refractivity (Wildman–Crippen MR) is 69.8 cm³/mol. The second-order valence-corrected chi connectivity index (χ2v) is 5.74. The summed E-state index contributed by atoms with van der Waals surface area (Å²) in [4.78, 5) is 1.55. The Kier molecular flexibility index (Phi) is 4.81. The molecule has 0 bridgehead atoms. The summed E-state index contributed by atoms with van der Waals surface area (Å²) in [5, 5.41) is 5.71. The molecule has 1 rings (SSSR count). The zero-order chi connectivity index (χ0) is 11.4. The maximum atomic E-state index is 3.51. The second kappa shape index (κ2) is 5.66. The predicted octanol–water partition coefficient (Wildman–Crippen LogP) is 3.79. The van der Waals surface area contributed by atoms with Crippen molar-refractivity contribution in [2.24, 2.45) is 5.92 Å². The Balaban J connectivity index is 2.53. The van der Waals surface area contributed by atoms with Gasteiger partial charge in [-0.15, -0.1) is 11.3 Å². The molecular formula is C13H23NS. The summed E-state index contributed by atoms with van der Waals surface area (Å²) in [7, 11) is 0. The number of hydrogen-bond acceptors (Lipinski definition) is 2. The molecule has 1 aromatic rings. The quantitative estimate of drug-likeness (QED) is 0.804. The van der Waals surface area contributed by atoms with Gasteiger partial charge in [-0.05, 0) is 42.3 Å². The summed E-state index contributed by atoms with van der Waals surface area (Å²) in [6.45, 7) is 12.4. The van der Waals surface area contributed by atoms with Gasteiger partial charge in [-0.2, -0.15) is 0 Å². The number of rotatable bonds is 5. The minimum Gasteiger partial charge on any atom is -0.314 e.